The first kappa shape index (κ1) is 20.2. The Morgan fingerprint density at radius 3 is 2.61 bits per heavy atom. The number of methoxy groups -OCH3 is 1. The van der Waals surface area contributed by atoms with Crippen molar-refractivity contribution < 1.29 is 19.1 Å². The number of benzene rings is 1. The normalized spacial score (nSPS) is 24.8. The molecule has 3 atom stereocenters. The van der Waals surface area contributed by atoms with E-state index in [2.05, 4.69) is 17.6 Å². The van der Waals surface area contributed by atoms with Gasteiger partial charge in [0.15, 0.2) is 0 Å². The van der Waals surface area contributed by atoms with Gasteiger partial charge in [-0.15, -0.1) is 0 Å². The lowest BCUT2D eigenvalue weighted by Crippen LogP contribution is -2.41. The Hall–Kier alpha value is -2.57. The van der Waals surface area contributed by atoms with Gasteiger partial charge in [-0.25, -0.2) is 4.79 Å². The largest absolute Gasteiger partial charge is 0.497 e. The molecule has 2 N–H and O–H groups in total. The Labute approximate surface area is 165 Å². The van der Waals surface area contributed by atoms with Crippen LogP contribution in [0.2, 0.25) is 0 Å². The lowest BCUT2D eigenvalue weighted by atomic mass is 9.86. The van der Waals surface area contributed by atoms with E-state index in [-0.39, 0.29) is 30.8 Å². The van der Waals surface area contributed by atoms with Crippen LogP contribution in [0.25, 0.3) is 0 Å². The van der Waals surface area contributed by atoms with Crippen LogP contribution >= 0.6 is 0 Å². The number of nitrogens with zero attached hydrogens (tertiary/aromatic N) is 1. The zero-order chi connectivity index (χ0) is 20.1. The maximum atomic E-state index is 12.6. The summed E-state index contributed by atoms with van der Waals surface area (Å²) in [5.74, 6) is 0.886. The second-order valence-corrected chi connectivity index (χ2v) is 7.75. The second kappa shape index (κ2) is 9.08. The van der Waals surface area contributed by atoms with E-state index in [4.69, 9.17) is 4.74 Å². The molecule has 1 heterocycles. The molecule has 7 heteroatoms. The van der Waals surface area contributed by atoms with Crippen molar-refractivity contribution in [3.8, 4) is 5.75 Å². The van der Waals surface area contributed by atoms with Gasteiger partial charge in [0.1, 0.15) is 11.8 Å². The van der Waals surface area contributed by atoms with Crippen molar-refractivity contribution in [1.82, 2.24) is 15.5 Å². The molecule has 1 aliphatic carbocycles. The third-order valence-corrected chi connectivity index (χ3v) is 5.72. The number of carbonyl (C=O) groups is 3. The summed E-state index contributed by atoms with van der Waals surface area (Å²) in [5, 5.41) is 5.79. The Morgan fingerprint density at radius 2 is 1.93 bits per heavy atom. The number of imide groups is 1. The SMILES string of the molecule is COc1ccc(CN2C(=O)N[C@@H](CCC(=O)N[C@H]3CCCC[C@@H]3C)C2=O)cc1. The van der Waals surface area contributed by atoms with Crippen molar-refractivity contribution in [1.29, 1.82) is 0 Å². The molecule has 152 valence electrons. The topological polar surface area (TPSA) is 87.7 Å². The van der Waals surface area contributed by atoms with Gasteiger partial charge in [0.05, 0.1) is 13.7 Å². The highest BCUT2D eigenvalue weighted by atomic mass is 16.5. The van der Waals surface area contributed by atoms with Crippen LogP contribution in [0.15, 0.2) is 24.3 Å². The molecule has 2 fully saturated rings. The Morgan fingerprint density at radius 1 is 1.21 bits per heavy atom. The summed E-state index contributed by atoms with van der Waals surface area (Å²) in [7, 11) is 1.59. The third-order valence-electron chi connectivity index (χ3n) is 5.72. The number of hydrogen-bond acceptors (Lipinski definition) is 4. The Bertz CT molecular complexity index is 719. The van der Waals surface area contributed by atoms with Gasteiger partial charge >= 0.3 is 6.03 Å². The van der Waals surface area contributed by atoms with Gasteiger partial charge in [-0.2, -0.15) is 0 Å². The van der Waals surface area contributed by atoms with Crippen LogP contribution in [0, 0.1) is 5.92 Å². The maximum absolute atomic E-state index is 12.6. The Kier molecular flexibility index (Phi) is 6.54. The van der Waals surface area contributed by atoms with Gasteiger partial charge < -0.3 is 15.4 Å². The van der Waals surface area contributed by atoms with E-state index < -0.39 is 12.1 Å². The number of rotatable bonds is 7. The molecule has 1 saturated heterocycles. The summed E-state index contributed by atoms with van der Waals surface area (Å²) in [6.07, 6.45) is 5.07. The van der Waals surface area contributed by atoms with E-state index in [0.717, 1.165) is 30.6 Å². The van der Waals surface area contributed by atoms with E-state index >= 15 is 0 Å². The zero-order valence-corrected chi connectivity index (χ0v) is 16.6. The van der Waals surface area contributed by atoms with Crippen LogP contribution < -0.4 is 15.4 Å². The van der Waals surface area contributed by atoms with Crippen LogP contribution in [-0.2, 0) is 16.1 Å². The Balaban J connectivity index is 1.49. The van der Waals surface area contributed by atoms with Crippen LogP contribution in [-0.4, -0.2) is 41.9 Å². The molecule has 0 unspecified atom stereocenters. The monoisotopic (exact) mass is 387 g/mol. The van der Waals surface area contributed by atoms with Crippen LogP contribution in [0.1, 0.15) is 51.0 Å². The molecule has 1 aromatic carbocycles. The number of urea groups is 1. The molecule has 7 nitrogen and oxygen atoms in total. The van der Waals surface area contributed by atoms with Crippen molar-refractivity contribution in [2.75, 3.05) is 7.11 Å². The highest BCUT2D eigenvalue weighted by Gasteiger charge is 2.38. The number of nitrogens with one attached hydrogen (secondary N) is 2. The minimum absolute atomic E-state index is 0.0468. The minimum Gasteiger partial charge on any atom is -0.497 e. The fourth-order valence-corrected chi connectivity index (χ4v) is 3.92. The van der Waals surface area contributed by atoms with Crippen LogP contribution in [0.5, 0.6) is 5.75 Å². The van der Waals surface area contributed by atoms with E-state index in [1.165, 1.54) is 11.3 Å². The van der Waals surface area contributed by atoms with Crippen molar-refractivity contribution in [3.05, 3.63) is 29.8 Å². The summed E-state index contributed by atoms with van der Waals surface area (Å²) in [5.41, 5.74) is 0.842. The van der Waals surface area contributed by atoms with Crippen molar-refractivity contribution in [3.63, 3.8) is 0 Å². The lowest BCUT2D eigenvalue weighted by Gasteiger charge is -2.29. The number of ether oxygens (including phenoxy) is 1. The molecule has 1 aromatic rings. The first-order valence-corrected chi connectivity index (χ1v) is 10.0. The molecular formula is C21H29N3O4. The fraction of sp³-hybridized carbons (Fsp3) is 0.571. The van der Waals surface area contributed by atoms with E-state index in [1.807, 2.05) is 12.1 Å². The first-order chi connectivity index (χ1) is 13.5. The number of amides is 4. The third kappa shape index (κ3) is 4.82. The molecule has 1 saturated carbocycles. The minimum atomic E-state index is -0.639. The van der Waals surface area contributed by atoms with Crippen LogP contribution in [0.4, 0.5) is 4.79 Å². The highest BCUT2D eigenvalue weighted by molar-refractivity contribution is 6.04. The summed E-state index contributed by atoms with van der Waals surface area (Å²) in [6, 6.07) is 6.41. The van der Waals surface area contributed by atoms with Crippen molar-refractivity contribution in [2.45, 2.75) is 64.1 Å². The van der Waals surface area contributed by atoms with Gasteiger partial charge in [0.2, 0.25) is 5.91 Å². The molecule has 0 bridgehead atoms. The smallest absolute Gasteiger partial charge is 0.325 e. The van der Waals surface area contributed by atoms with Crippen molar-refractivity contribution >= 4 is 17.8 Å². The average Bonchev–Trinajstić information content (AvgIpc) is 2.96. The quantitative estimate of drug-likeness (QED) is 0.704. The number of carbonyl (C=O) groups excluding carboxylic acids is 3. The van der Waals surface area contributed by atoms with E-state index in [0.29, 0.717) is 12.3 Å². The summed E-state index contributed by atoms with van der Waals surface area (Å²) >= 11 is 0. The van der Waals surface area contributed by atoms with Gasteiger partial charge in [-0.1, -0.05) is 31.9 Å². The number of hydrogen-bond donors (Lipinski definition) is 2. The molecule has 0 aromatic heterocycles. The standard InChI is InChI=1S/C21H29N3O4/c1-14-5-3-4-6-17(14)22-19(25)12-11-18-20(26)24(21(27)23-18)13-15-7-9-16(28-2)10-8-15/h7-10,14,17-18H,3-6,11-13H2,1-2H3,(H,22,25)(H,23,27)/t14-,17-,18-/m0/s1. The van der Waals surface area contributed by atoms with Crippen LogP contribution in [0.3, 0.4) is 0 Å². The predicted molar refractivity (Wildman–Crippen MR) is 105 cm³/mol. The van der Waals surface area contributed by atoms with Gasteiger partial charge in [0, 0.05) is 12.5 Å². The molecule has 2 aliphatic rings. The van der Waals surface area contributed by atoms with E-state index in [1.54, 1.807) is 19.2 Å². The summed E-state index contributed by atoms with van der Waals surface area (Å²) in [6.45, 7) is 2.37. The van der Waals surface area contributed by atoms with Gasteiger partial charge in [0.25, 0.3) is 5.91 Å². The molecule has 3 rings (SSSR count). The maximum Gasteiger partial charge on any atom is 0.325 e. The molecule has 28 heavy (non-hydrogen) atoms. The van der Waals surface area contributed by atoms with Gasteiger partial charge in [-0.05, 0) is 42.9 Å². The fourth-order valence-electron chi connectivity index (χ4n) is 3.92. The first-order valence-electron chi connectivity index (χ1n) is 10.0. The predicted octanol–water partition coefficient (Wildman–Crippen LogP) is 2.59. The van der Waals surface area contributed by atoms with Crippen molar-refractivity contribution in [2.24, 2.45) is 5.92 Å². The summed E-state index contributed by atoms with van der Waals surface area (Å²) < 4.78 is 5.12. The molecule has 4 amide bonds. The average molecular weight is 387 g/mol. The second-order valence-electron chi connectivity index (χ2n) is 7.75. The van der Waals surface area contributed by atoms with E-state index in [9.17, 15) is 14.4 Å². The molecule has 0 radical (unpaired) electrons. The molecular weight excluding hydrogens is 358 g/mol. The molecule has 1 aliphatic heterocycles. The zero-order valence-electron chi connectivity index (χ0n) is 16.6. The summed E-state index contributed by atoms with van der Waals surface area (Å²) in [4.78, 5) is 38.3. The van der Waals surface area contributed by atoms with Gasteiger partial charge in [-0.3, -0.25) is 14.5 Å². The lowest BCUT2D eigenvalue weighted by molar-refractivity contribution is -0.128. The molecule has 0 spiro atoms. The highest BCUT2D eigenvalue weighted by Crippen LogP contribution is 2.24.